The maximum atomic E-state index is 12.4. The van der Waals surface area contributed by atoms with Gasteiger partial charge in [0.1, 0.15) is 11.4 Å². The molecule has 1 fully saturated rings. The van der Waals surface area contributed by atoms with E-state index < -0.39 is 4.92 Å². The Morgan fingerprint density at radius 2 is 2.17 bits per heavy atom. The smallest absolute Gasteiger partial charge is 0.312 e. The molecule has 0 spiro atoms. The first-order valence-electron chi connectivity index (χ1n) is 7.58. The third-order valence-electron chi connectivity index (χ3n) is 4.20. The van der Waals surface area contributed by atoms with Crippen molar-refractivity contribution in [1.29, 1.82) is 0 Å². The maximum absolute atomic E-state index is 12.4. The maximum Gasteiger partial charge on any atom is 0.312 e. The van der Waals surface area contributed by atoms with Crippen LogP contribution < -0.4 is 5.32 Å². The van der Waals surface area contributed by atoms with Crippen LogP contribution in [-0.2, 0) is 11.3 Å². The van der Waals surface area contributed by atoms with Crippen molar-refractivity contribution in [2.75, 3.05) is 20.1 Å². The number of hydrogen-bond acceptors (Lipinski definition) is 5. The molecule has 1 aliphatic heterocycles. The van der Waals surface area contributed by atoms with Crippen LogP contribution in [0.3, 0.4) is 0 Å². The van der Waals surface area contributed by atoms with Crippen LogP contribution in [0.4, 0.5) is 5.69 Å². The molecule has 9 heteroatoms. The second-order valence-corrected chi connectivity index (χ2v) is 5.69. The van der Waals surface area contributed by atoms with Gasteiger partial charge >= 0.3 is 5.69 Å². The molecule has 8 nitrogen and oxygen atoms in total. The van der Waals surface area contributed by atoms with Crippen molar-refractivity contribution < 1.29 is 9.72 Å². The molecule has 1 aliphatic rings. The van der Waals surface area contributed by atoms with Crippen LogP contribution in [-0.4, -0.2) is 51.7 Å². The average molecular weight is 346 g/mol. The number of nitro groups is 1. The number of nitrogens with one attached hydrogen (secondary N) is 1. The van der Waals surface area contributed by atoms with E-state index in [4.69, 9.17) is 0 Å². The molecule has 23 heavy (non-hydrogen) atoms. The summed E-state index contributed by atoms with van der Waals surface area (Å²) in [4.78, 5) is 24.8. The van der Waals surface area contributed by atoms with Gasteiger partial charge in [-0.2, -0.15) is 5.10 Å². The van der Waals surface area contributed by atoms with Crippen LogP contribution in [0, 0.1) is 24.0 Å². The number of nitrogens with zero attached hydrogens (tertiary/aromatic N) is 4. The first-order valence-corrected chi connectivity index (χ1v) is 7.58. The van der Waals surface area contributed by atoms with Gasteiger partial charge in [-0.25, -0.2) is 0 Å². The van der Waals surface area contributed by atoms with Gasteiger partial charge in [0.25, 0.3) is 0 Å². The van der Waals surface area contributed by atoms with Crippen molar-refractivity contribution in [2.45, 2.75) is 45.7 Å². The Kier molecular flexibility index (Phi) is 6.96. The molecule has 1 aromatic rings. The van der Waals surface area contributed by atoms with E-state index in [0.29, 0.717) is 24.4 Å². The number of rotatable bonds is 6. The van der Waals surface area contributed by atoms with Crippen molar-refractivity contribution in [3.05, 3.63) is 21.5 Å². The fraction of sp³-hybridized carbons (Fsp3) is 0.714. The van der Waals surface area contributed by atoms with Gasteiger partial charge in [-0.3, -0.25) is 19.6 Å². The van der Waals surface area contributed by atoms with E-state index in [-0.39, 0.29) is 30.0 Å². The van der Waals surface area contributed by atoms with Crippen LogP contribution >= 0.6 is 12.4 Å². The summed E-state index contributed by atoms with van der Waals surface area (Å²) in [6, 6.07) is 0.257. The van der Waals surface area contributed by atoms with Crippen molar-refractivity contribution in [3.8, 4) is 0 Å². The van der Waals surface area contributed by atoms with E-state index in [1.807, 2.05) is 11.9 Å². The molecule has 0 bridgehead atoms. The third-order valence-corrected chi connectivity index (χ3v) is 4.20. The topological polar surface area (TPSA) is 93.3 Å². The van der Waals surface area contributed by atoms with E-state index in [1.54, 1.807) is 18.5 Å². The number of carbonyl (C=O) groups excluding carboxylic acids is 1. The first-order chi connectivity index (χ1) is 10.5. The number of hydrogen-bond donors (Lipinski definition) is 1. The summed E-state index contributed by atoms with van der Waals surface area (Å²) in [6.45, 7) is 5.26. The summed E-state index contributed by atoms with van der Waals surface area (Å²) in [5.41, 5.74) is 0.939. The van der Waals surface area contributed by atoms with Gasteiger partial charge < -0.3 is 10.2 Å². The number of aromatic nitrogens is 2. The normalized spacial score (nSPS) is 17.2. The lowest BCUT2D eigenvalue weighted by atomic mass is 10.2. The van der Waals surface area contributed by atoms with Gasteiger partial charge in [-0.1, -0.05) is 0 Å². The number of aryl methyl sites for hydroxylation is 2. The Bertz CT molecular complexity index is 575. The number of likely N-dealkylation sites (N-methyl/N-ethyl adjacent to an activating group) is 1. The Labute approximate surface area is 141 Å². The van der Waals surface area contributed by atoms with Crippen LogP contribution in [0.5, 0.6) is 0 Å². The largest absolute Gasteiger partial charge is 0.338 e. The fourth-order valence-corrected chi connectivity index (χ4v) is 3.13. The molecule has 1 aromatic heterocycles. The van der Waals surface area contributed by atoms with E-state index in [9.17, 15) is 14.9 Å². The minimum Gasteiger partial charge on any atom is -0.338 e. The standard InChI is InChI=1S/C14H23N5O3.ClH/c1-10-14(19(21)22)11(2)18(16-10)8-6-13(20)17-7-4-5-12(17)9-15-3;/h12,15H,4-9H2,1-3H3;1H. The van der Waals surface area contributed by atoms with Gasteiger partial charge in [0.15, 0.2) is 0 Å². The van der Waals surface area contributed by atoms with Crippen LogP contribution in [0.15, 0.2) is 0 Å². The molecule has 130 valence electrons. The van der Waals surface area contributed by atoms with Crippen molar-refractivity contribution >= 4 is 24.0 Å². The lowest BCUT2D eigenvalue weighted by molar-refractivity contribution is -0.386. The van der Waals surface area contributed by atoms with Crippen molar-refractivity contribution in [1.82, 2.24) is 20.0 Å². The predicted molar refractivity (Wildman–Crippen MR) is 88.9 cm³/mol. The van der Waals surface area contributed by atoms with E-state index in [2.05, 4.69) is 10.4 Å². The highest BCUT2D eigenvalue weighted by atomic mass is 35.5. The lowest BCUT2D eigenvalue weighted by Gasteiger charge is -2.24. The molecule has 1 amide bonds. The Morgan fingerprint density at radius 3 is 2.74 bits per heavy atom. The average Bonchev–Trinajstić information content (AvgIpc) is 3.01. The lowest BCUT2D eigenvalue weighted by Crippen LogP contribution is -2.41. The molecule has 1 atom stereocenters. The molecule has 0 radical (unpaired) electrons. The highest BCUT2D eigenvalue weighted by Gasteiger charge is 2.28. The van der Waals surface area contributed by atoms with E-state index in [1.165, 1.54) is 0 Å². The zero-order chi connectivity index (χ0) is 16.3. The van der Waals surface area contributed by atoms with Crippen molar-refractivity contribution in [3.63, 3.8) is 0 Å². The van der Waals surface area contributed by atoms with E-state index >= 15 is 0 Å². The molecule has 1 unspecified atom stereocenters. The molecule has 0 saturated carbocycles. The van der Waals surface area contributed by atoms with Crippen LogP contribution in [0.25, 0.3) is 0 Å². The minimum atomic E-state index is -0.417. The predicted octanol–water partition coefficient (Wildman–Crippen LogP) is 1.43. The number of amides is 1. The van der Waals surface area contributed by atoms with Crippen molar-refractivity contribution in [2.24, 2.45) is 0 Å². The number of halogens is 1. The molecule has 0 aliphatic carbocycles. The summed E-state index contributed by atoms with van der Waals surface area (Å²) < 4.78 is 1.56. The molecular weight excluding hydrogens is 322 g/mol. The van der Waals surface area contributed by atoms with Gasteiger partial charge in [0.05, 0.1) is 11.5 Å². The second-order valence-electron chi connectivity index (χ2n) is 5.69. The molecule has 0 aromatic carbocycles. The number of carbonyl (C=O) groups is 1. The van der Waals surface area contributed by atoms with Crippen LogP contribution in [0.1, 0.15) is 30.7 Å². The highest BCUT2D eigenvalue weighted by Crippen LogP contribution is 2.22. The van der Waals surface area contributed by atoms with Gasteiger partial charge in [0.2, 0.25) is 5.91 Å². The Balaban J connectivity index is 0.00000264. The molecule has 2 heterocycles. The summed E-state index contributed by atoms with van der Waals surface area (Å²) in [7, 11) is 1.88. The number of likely N-dealkylation sites (tertiary alicyclic amines) is 1. The minimum absolute atomic E-state index is 0. The van der Waals surface area contributed by atoms with Crippen LogP contribution in [0.2, 0.25) is 0 Å². The van der Waals surface area contributed by atoms with Gasteiger partial charge in [-0.15, -0.1) is 12.4 Å². The summed E-state index contributed by atoms with van der Waals surface area (Å²) in [5.74, 6) is 0.0907. The summed E-state index contributed by atoms with van der Waals surface area (Å²) in [5, 5.41) is 18.3. The summed E-state index contributed by atoms with van der Waals surface area (Å²) in [6.07, 6.45) is 2.38. The second kappa shape index (κ2) is 8.26. The Morgan fingerprint density at radius 1 is 1.48 bits per heavy atom. The SMILES string of the molecule is CNCC1CCCN1C(=O)CCn1nc(C)c([N+](=O)[O-])c1C.Cl. The molecule has 1 saturated heterocycles. The fourth-order valence-electron chi connectivity index (χ4n) is 3.13. The molecular formula is C14H24ClN5O3. The Hall–Kier alpha value is -1.67. The van der Waals surface area contributed by atoms with Gasteiger partial charge in [-0.05, 0) is 33.7 Å². The monoisotopic (exact) mass is 345 g/mol. The first kappa shape index (κ1) is 19.4. The molecule has 2 rings (SSSR count). The third kappa shape index (κ3) is 4.20. The zero-order valence-corrected chi connectivity index (χ0v) is 14.6. The quantitative estimate of drug-likeness (QED) is 0.622. The van der Waals surface area contributed by atoms with Gasteiger partial charge in [0, 0.05) is 25.6 Å². The molecule has 1 N–H and O–H groups in total. The van der Waals surface area contributed by atoms with E-state index in [0.717, 1.165) is 25.9 Å². The summed E-state index contributed by atoms with van der Waals surface area (Å²) >= 11 is 0. The highest BCUT2D eigenvalue weighted by molar-refractivity contribution is 5.85. The zero-order valence-electron chi connectivity index (χ0n) is 13.7.